The highest BCUT2D eigenvalue weighted by molar-refractivity contribution is 5.91. The van der Waals surface area contributed by atoms with Gasteiger partial charge in [-0.15, -0.1) is 5.10 Å². The lowest BCUT2D eigenvalue weighted by Gasteiger charge is -2.22. The summed E-state index contributed by atoms with van der Waals surface area (Å²) in [6, 6.07) is 9.00. The monoisotopic (exact) mass is 328 g/mol. The van der Waals surface area contributed by atoms with Crippen molar-refractivity contribution < 1.29 is 14.7 Å². The van der Waals surface area contributed by atoms with Crippen molar-refractivity contribution in [1.82, 2.24) is 20.1 Å². The van der Waals surface area contributed by atoms with Crippen molar-refractivity contribution in [2.75, 3.05) is 0 Å². The van der Waals surface area contributed by atoms with Crippen LogP contribution in [0.15, 0.2) is 36.7 Å². The van der Waals surface area contributed by atoms with Gasteiger partial charge in [0.05, 0.1) is 11.6 Å². The summed E-state index contributed by atoms with van der Waals surface area (Å²) in [4.78, 5) is 27.9. The van der Waals surface area contributed by atoms with Crippen LogP contribution in [0.1, 0.15) is 42.7 Å². The topological polar surface area (TPSA) is 97.1 Å². The van der Waals surface area contributed by atoms with Gasteiger partial charge in [-0.1, -0.05) is 37.5 Å². The van der Waals surface area contributed by atoms with E-state index in [1.165, 1.54) is 11.0 Å². The van der Waals surface area contributed by atoms with Crippen LogP contribution in [0.4, 0.5) is 0 Å². The highest BCUT2D eigenvalue weighted by atomic mass is 16.4. The molecule has 1 heterocycles. The number of carbonyl (C=O) groups is 2. The molecule has 7 nitrogen and oxygen atoms in total. The number of carbonyl (C=O) groups excluding carboxylic acids is 1. The smallest absolute Gasteiger partial charge is 0.308 e. The molecule has 126 valence electrons. The van der Waals surface area contributed by atoms with E-state index in [4.69, 9.17) is 0 Å². The molecule has 2 atom stereocenters. The Hall–Kier alpha value is -2.70. The number of carboxylic acids is 1. The van der Waals surface area contributed by atoms with E-state index in [0.29, 0.717) is 12.8 Å². The molecule has 0 aliphatic heterocycles. The molecular formula is C17H20N4O3. The number of nitrogens with zero attached hydrogens (tertiary/aromatic N) is 3. The predicted molar refractivity (Wildman–Crippen MR) is 86.8 cm³/mol. The second-order valence-electron chi connectivity index (χ2n) is 6.01. The summed E-state index contributed by atoms with van der Waals surface area (Å²) in [5, 5.41) is 16.4. The lowest BCUT2D eigenvalue weighted by Crippen LogP contribution is -2.43. The van der Waals surface area contributed by atoms with Crippen molar-refractivity contribution in [3.8, 4) is 5.69 Å². The molecule has 1 aliphatic carbocycles. The minimum Gasteiger partial charge on any atom is -0.481 e. The number of nitrogens with one attached hydrogen (secondary N) is 1. The van der Waals surface area contributed by atoms with Crippen molar-refractivity contribution >= 4 is 11.9 Å². The lowest BCUT2D eigenvalue weighted by molar-refractivity contribution is -0.142. The third-order valence-corrected chi connectivity index (χ3v) is 4.37. The molecule has 3 rings (SSSR count). The minimum atomic E-state index is -0.857. The quantitative estimate of drug-likeness (QED) is 0.837. The third kappa shape index (κ3) is 3.61. The second kappa shape index (κ2) is 7.25. The Balaban J connectivity index is 1.72. The van der Waals surface area contributed by atoms with Crippen LogP contribution < -0.4 is 5.32 Å². The van der Waals surface area contributed by atoms with Crippen molar-refractivity contribution in [3.05, 3.63) is 42.5 Å². The summed E-state index contributed by atoms with van der Waals surface area (Å²) >= 11 is 0. The van der Waals surface area contributed by atoms with E-state index >= 15 is 0 Å². The zero-order valence-corrected chi connectivity index (χ0v) is 13.3. The number of para-hydroxylation sites is 1. The number of rotatable bonds is 4. The fourth-order valence-corrected chi connectivity index (χ4v) is 3.08. The van der Waals surface area contributed by atoms with E-state index in [9.17, 15) is 14.7 Å². The van der Waals surface area contributed by atoms with Gasteiger partial charge in [-0.25, -0.2) is 9.67 Å². The number of aliphatic carboxylic acids is 1. The maximum Gasteiger partial charge on any atom is 0.308 e. The molecule has 7 heteroatoms. The van der Waals surface area contributed by atoms with Crippen LogP contribution in [0.25, 0.3) is 5.69 Å². The van der Waals surface area contributed by atoms with Crippen molar-refractivity contribution in [3.63, 3.8) is 0 Å². The number of hydrogen-bond acceptors (Lipinski definition) is 4. The van der Waals surface area contributed by atoms with Gasteiger partial charge < -0.3 is 10.4 Å². The van der Waals surface area contributed by atoms with Gasteiger partial charge in [0.15, 0.2) is 0 Å². The summed E-state index contributed by atoms with van der Waals surface area (Å²) in [5.74, 6) is -1.78. The summed E-state index contributed by atoms with van der Waals surface area (Å²) < 4.78 is 1.52. The maximum absolute atomic E-state index is 12.4. The standard InChI is InChI=1S/C17H20N4O3/c22-16(19-14-10-6-2-5-9-13(14)17(23)24)15-18-11-21(20-15)12-7-3-1-4-8-12/h1,3-4,7-8,11,13-14H,2,5-6,9-10H2,(H,19,22)(H,23,24)/t13-,14+/m1/s1. The summed E-state index contributed by atoms with van der Waals surface area (Å²) in [7, 11) is 0. The van der Waals surface area contributed by atoms with Crippen LogP contribution in [0.3, 0.4) is 0 Å². The van der Waals surface area contributed by atoms with E-state index in [1.54, 1.807) is 0 Å². The van der Waals surface area contributed by atoms with E-state index < -0.39 is 17.8 Å². The van der Waals surface area contributed by atoms with Gasteiger partial charge in [0.25, 0.3) is 5.91 Å². The molecule has 1 aromatic heterocycles. The largest absolute Gasteiger partial charge is 0.481 e. The predicted octanol–water partition coefficient (Wildman–Crippen LogP) is 2.03. The van der Waals surface area contributed by atoms with Crippen molar-refractivity contribution in [1.29, 1.82) is 0 Å². The SMILES string of the molecule is O=C(N[C@H]1CCCCC[C@H]1C(=O)O)c1ncn(-c2ccccc2)n1. The zero-order chi connectivity index (χ0) is 16.9. The Labute approximate surface area is 139 Å². The van der Waals surface area contributed by atoms with E-state index in [1.807, 2.05) is 30.3 Å². The van der Waals surface area contributed by atoms with Gasteiger partial charge in [-0.05, 0) is 25.0 Å². The van der Waals surface area contributed by atoms with Crippen molar-refractivity contribution in [2.24, 2.45) is 5.92 Å². The van der Waals surface area contributed by atoms with Gasteiger partial charge in [0, 0.05) is 6.04 Å². The van der Waals surface area contributed by atoms with Crippen LogP contribution in [-0.2, 0) is 4.79 Å². The minimum absolute atomic E-state index is 0.0484. The molecule has 0 radical (unpaired) electrons. The number of carboxylic acid groups (broad SMARTS) is 1. The maximum atomic E-state index is 12.4. The van der Waals surface area contributed by atoms with Crippen molar-refractivity contribution in [2.45, 2.75) is 38.1 Å². The summed E-state index contributed by atoms with van der Waals surface area (Å²) in [5.41, 5.74) is 0.807. The first-order chi connectivity index (χ1) is 11.6. The molecule has 0 saturated heterocycles. The van der Waals surface area contributed by atoms with Gasteiger partial charge >= 0.3 is 5.97 Å². The highest BCUT2D eigenvalue weighted by Gasteiger charge is 2.31. The van der Waals surface area contributed by atoms with E-state index in [0.717, 1.165) is 24.9 Å². The molecule has 1 amide bonds. The fourth-order valence-electron chi connectivity index (χ4n) is 3.08. The number of aromatic nitrogens is 3. The average molecular weight is 328 g/mol. The molecule has 1 aliphatic rings. The normalized spacial score (nSPS) is 21.0. The molecule has 1 fully saturated rings. The van der Waals surface area contributed by atoms with Crippen LogP contribution in [-0.4, -0.2) is 37.8 Å². The Bertz CT molecular complexity index is 714. The van der Waals surface area contributed by atoms with Gasteiger partial charge in [-0.2, -0.15) is 0 Å². The Kier molecular flexibility index (Phi) is 4.88. The second-order valence-corrected chi connectivity index (χ2v) is 6.01. The molecule has 2 aromatic rings. The van der Waals surface area contributed by atoms with Crippen LogP contribution in [0, 0.1) is 5.92 Å². The molecule has 1 aromatic carbocycles. The average Bonchev–Trinajstić information content (AvgIpc) is 2.97. The number of benzene rings is 1. The van der Waals surface area contributed by atoms with Gasteiger partial charge in [-0.3, -0.25) is 9.59 Å². The zero-order valence-electron chi connectivity index (χ0n) is 13.3. The van der Waals surface area contributed by atoms with Crippen LogP contribution in [0.2, 0.25) is 0 Å². The fraction of sp³-hybridized carbons (Fsp3) is 0.412. The Morgan fingerprint density at radius 1 is 1.12 bits per heavy atom. The molecule has 0 spiro atoms. The number of hydrogen-bond donors (Lipinski definition) is 2. The van der Waals surface area contributed by atoms with Crippen LogP contribution >= 0.6 is 0 Å². The first-order valence-corrected chi connectivity index (χ1v) is 8.16. The summed E-state index contributed by atoms with van der Waals surface area (Å²) in [6.07, 6.45) is 5.53. The molecule has 24 heavy (non-hydrogen) atoms. The molecule has 1 saturated carbocycles. The third-order valence-electron chi connectivity index (χ3n) is 4.37. The first-order valence-electron chi connectivity index (χ1n) is 8.16. The van der Waals surface area contributed by atoms with E-state index in [2.05, 4.69) is 15.4 Å². The first kappa shape index (κ1) is 16.2. The Morgan fingerprint density at radius 2 is 1.88 bits per heavy atom. The molecular weight excluding hydrogens is 308 g/mol. The Morgan fingerprint density at radius 3 is 2.62 bits per heavy atom. The molecule has 2 N–H and O–H groups in total. The van der Waals surface area contributed by atoms with Gasteiger partial charge in [0.1, 0.15) is 6.33 Å². The van der Waals surface area contributed by atoms with Crippen LogP contribution in [0.5, 0.6) is 0 Å². The lowest BCUT2D eigenvalue weighted by atomic mass is 9.95. The van der Waals surface area contributed by atoms with Gasteiger partial charge in [0.2, 0.25) is 5.82 Å². The molecule has 0 bridgehead atoms. The summed E-state index contributed by atoms with van der Waals surface area (Å²) in [6.45, 7) is 0. The molecule has 0 unspecified atom stereocenters. The van der Waals surface area contributed by atoms with E-state index in [-0.39, 0.29) is 11.9 Å². The number of amides is 1. The highest BCUT2D eigenvalue weighted by Crippen LogP contribution is 2.24.